The Kier molecular flexibility index (Phi) is 4.46. The molecule has 1 aliphatic carbocycles. The van der Waals surface area contributed by atoms with Crippen molar-refractivity contribution in [2.45, 2.75) is 37.4 Å². The molecule has 2 heterocycles. The number of ether oxygens (including phenoxy) is 1. The number of rotatable bonds is 6. The highest BCUT2D eigenvalue weighted by Gasteiger charge is 2.42. The quantitative estimate of drug-likeness (QED) is 0.633. The highest BCUT2D eigenvalue weighted by molar-refractivity contribution is 5.43. The minimum atomic E-state index is -0.430. The number of aromatic nitrogens is 1. The van der Waals surface area contributed by atoms with Crippen molar-refractivity contribution >= 4 is 11.5 Å². The van der Waals surface area contributed by atoms with Crippen LogP contribution in [0.3, 0.4) is 0 Å². The van der Waals surface area contributed by atoms with Gasteiger partial charge in [0.25, 0.3) is 5.69 Å². The zero-order valence-electron chi connectivity index (χ0n) is 14.7. The molecule has 0 spiro atoms. The molecular formula is C19H22N4O3. The average Bonchev–Trinajstić information content (AvgIpc) is 3.43. The Morgan fingerprint density at radius 2 is 2.12 bits per heavy atom. The van der Waals surface area contributed by atoms with Crippen molar-refractivity contribution in [1.29, 1.82) is 0 Å². The lowest BCUT2D eigenvalue weighted by Gasteiger charge is -2.29. The summed E-state index contributed by atoms with van der Waals surface area (Å²) in [7, 11) is 1.68. The van der Waals surface area contributed by atoms with Gasteiger partial charge in [-0.05, 0) is 43.0 Å². The van der Waals surface area contributed by atoms with Crippen LogP contribution >= 0.6 is 0 Å². The number of likely N-dealkylation sites (tertiary alicyclic amines) is 1. The maximum absolute atomic E-state index is 10.8. The van der Waals surface area contributed by atoms with Gasteiger partial charge in [-0.25, -0.2) is 4.98 Å². The maximum atomic E-state index is 10.8. The first kappa shape index (κ1) is 16.8. The second kappa shape index (κ2) is 6.92. The van der Waals surface area contributed by atoms with E-state index in [9.17, 15) is 10.1 Å². The summed E-state index contributed by atoms with van der Waals surface area (Å²) < 4.78 is 5.40. The molecule has 2 aromatic rings. The number of hydrogen-bond donors (Lipinski definition) is 1. The van der Waals surface area contributed by atoms with Crippen molar-refractivity contribution in [3.63, 3.8) is 0 Å². The van der Waals surface area contributed by atoms with Gasteiger partial charge < -0.3 is 10.1 Å². The van der Waals surface area contributed by atoms with Gasteiger partial charge in [0.2, 0.25) is 0 Å². The summed E-state index contributed by atoms with van der Waals surface area (Å²) in [4.78, 5) is 17.2. The molecule has 0 radical (unpaired) electrons. The summed E-state index contributed by atoms with van der Waals surface area (Å²) >= 11 is 0. The fraction of sp³-hybridized carbons (Fsp3) is 0.421. The first-order valence-electron chi connectivity index (χ1n) is 8.92. The Hall–Kier alpha value is -2.67. The molecule has 26 heavy (non-hydrogen) atoms. The Morgan fingerprint density at radius 3 is 2.77 bits per heavy atom. The number of hydrogen-bond acceptors (Lipinski definition) is 6. The number of nitrogens with zero attached hydrogens (tertiary/aromatic N) is 3. The lowest BCUT2D eigenvalue weighted by molar-refractivity contribution is -0.385. The highest BCUT2D eigenvalue weighted by Crippen LogP contribution is 2.42. The van der Waals surface area contributed by atoms with Crippen LogP contribution in [-0.4, -0.2) is 40.5 Å². The fourth-order valence-corrected chi connectivity index (χ4v) is 3.80. The number of nitro groups is 1. The Balaban J connectivity index is 1.58. The number of methoxy groups -OCH3 is 1. The van der Waals surface area contributed by atoms with Gasteiger partial charge in [0.15, 0.2) is 0 Å². The van der Waals surface area contributed by atoms with E-state index in [0.29, 0.717) is 11.9 Å². The molecule has 7 nitrogen and oxygen atoms in total. The van der Waals surface area contributed by atoms with Gasteiger partial charge in [0.1, 0.15) is 17.8 Å². The summed E-state index contributed by atoms with van der Waals surface area (Å²) in [5.41, 5.74) is 1.24. The predicted molar refractivity (Wildman–Crippen MR) is 98.4 cm³/mol. The number of anilines is 1. The fourth-order valence-electron chi connectivity index (χ4n) is 3.80. The lowest BCUT2D eigenvalue weighted by atomic mass is 9.99. The minimum Gasteiger partial charge on any atom is -0.497 e. The smallest absolute Gasteiger partial charge is 0.287 e. The maximum Gasteiger partial charge on any atom is 0.287 e. The third kappa shape index (κ3) is 3.35. The molecule has 0 amide bonds. The van der Waals surface area contributed by atoms with E-state index in [1.54, 1.807) is 13.2 Å². The van der Waals surface area contributed by atoms with Crippen LogP contribution in [0.4, 0.5) is 11.5 Å². The van der Waals surface area contributed by atoms with Crippen LogP contribution in [-0.2, 0) is 0 Å². The molecule has 2 unspecified atom stereocenters. The number of pyridine rings is 1. The van der Waals surface area contributed by atoms with E-state index in [0.717, 1.165) is 18.7 Å². The molecule has 2 atom stereocenters. The van der Waals surface area contributed by atoms with Crippen LogP contribution in [0.15, 0.2) is 42.6 Å². The zero-order valence-corrected chi connectivity index (χ0v) is 14.7. The molecule has 2 fully saturated rings. The van der Waals surface area contributed by atoms with Crippen LogP contribution in [0, 0.1) is 10.1 Å². The third-order valence-corrected chi connectivity index (χ3v) is 5.18. The molecule has 1 N–H and O–H groups in total. The van der Waals surface area contributed by atoms with Crippen molar-refractivity contribution < 1.29 is 9.66 Å². The summed E-state index contributed by atoms with van der Waals surface area (Å²) in [6.45, 7) is 1.04. The second-order valence-electron chi connectivity index (χ2n) is 6.89. The van der Waals surface area contributed by atoms with E-state index in [4.69, 9.17) is 4.74 Å². The molecule has 1 saturated heterocycles. The number of benzene rings is 1. The van der Waals surface area contributed by atoms with Crippen molar-refractivity contribution in [3.05, 3.63) is 58.3 Å². The predicted octanol–water partition coefficient (Wildman–Crippen LogP) is 3.39. The van der Waals surface area contributed by atoms with Gasteiger partial charge in [-0.15, -0.1) is 0 Å². The van der Waals surface area contributed by atoms with Crippen molar-refractivity contribution in [1.82, 2.24) is 9.88 Å². The first-order chi connectivity index (χ1) is 12.7. The van der Waals surface area contributed by atoms with E-state index in [-0.39, 0.29) is 17.8 Å². The van der Waals surface area contributed by atoms with E-state index >= 15 is 0 Å². The van der Waals surface area contributed by atoms with Gasteiger partial charge in [0, 0.05) is 24.7 Å². The van der Waals surface area contributed by atoms with Crippen molar-refractivity contribution in [2.75, 3.05) is 19.0 Å². The summed E-state index contributed by atoms with van der Waals surface area (Å²) in [5, 5.41) is 14.3. The van der Waals surface area contributed by atoms with Crippen molar-refractivity contribution in [2.24, 2.45) is 0 Å². The molecule has 7 heteroatoms. The largest absolute Gasteiger partial charge is 0.497 e. The average molecular weight is 354 g/mol. The Labute approximate surface area is 152 Å². The Bertz CT molecular complexity index is 792. The first-order valence-corrected chi connectivity index (χ1v) is 8.92. The van der Waals surface area contributed by atoms with Crippen LogP contribution in [0.25, 0.3) is 0 Å². The summed E-state index contributed by atoms with van der Waals surface area (Å²) in [5.74, 6) is 1.53. The summed E-state index contributed by atoms with van der Waals surface area (Å²) in [6.07, 6.45) is 4.82. The van der Waals surface area contributed by atoms with Gasteiger partial charge in [-0.1, -0.05) is 12.1 Å². The van der Waals surface area contributed by atoms with Crippen LogP contribution in [0.2, 0.25) is 0 Å². The van der Waals surface area contributed by atoms with E-state index in [1.165, 1.54) is 30.7 Å². The van der Waals surface area contributed by atoms with Crippen LogP contribution < -0.4 is 10.1 Å². The van der Waals surface area contributed by atoms with Gasteiger partial charge >= 0.3 is 0 Å². The normalized spacial score (nSPS) is 23.0. The monoisotopic (exact) mass is 354 g/mol. The number of nitrogens with one attached hydrogen (secondary N) is 1. The molecule has 1 aromatic carbocycles. The van der Waals surface area contributed by atoms with E-state index in [2.05, 4.69) is 27.3 Å². The summed E-state index contributed by atoms with van der Waals surface area (Å²) in [6, 6.07) is 12.5. The third-order valence-electron chi connectivity index (χ3n) is 5.18. The van der Waals surface area contributed by atoms with E-state index < -0.39 is 4.92 Å². The van der Waals surface area contributed by atoms with Crippen LogP contribution in [0.5, 0.6) is 5.75 Å². The van der Waals surface area contributed by atoms with Crippen molar-refractivity contribution in [3.8, 4) is 5.75 Å². The van der Waals surface area contributed by atoms with Gasteiger partial charge in [-0.3, -0.25) is 15.0 Å². The van der Waals surface area contributed by atoms with E-state index in [1.807, 2.05) is 12.1 Å². The molecule has 4 rings (SSSR count). The second-order valence-corrected chi connectivity index (χ2v) is 6.89. The molecule has 0 bridgehead atoms. The SMILES string of the molecule is COc1cccc(C2C(Nc3ccc([N+](=O)[O-])cn3)CCN2C2CC2)c1. The molecule has 136 valence electrons. The Morgan fingerprint density at radius 1 is 1.27 bits per heavy atom. The standard InChI is InChI=1S/C19H22N4O3/c1-26-16-4-2-3-13(11-16)19-17(9-10-22(19)14-5-6-14)21-18-8-7-15(12-20-18)23(24)25/h2-4,7-8,11-12,14,17,19H,5-6,9-10H2,1H3,(H,20,21). The lowest BCUT2D eigenvalue weighted by Crippen LogP contribution is -2.32. The highest BCUT2D eigenvalue weighted by atomic mass is 16.6. The molecule has 1 aliphatic heterocycles. The topological polar surface area (TPSA) is 80.5 Å². The van der Waals surface area contributed by atoms with Gasteiger partial charge in [0.05, 0.1) is 18.1 Å². The molecule has 2 aliphatic rings. The molecule has 1 aromatic heterocycles. The minimum absolute atomic E-state index is 0.00549. The molecule has 1 saturated carbocycles. The van der Waals surface area contributed by atoms with Crippen LogP contribution in [0.1, 0.15) is 30.9 Å². The molecular weight excluding hydrogens is 332 g/mol. The zero-order chi connectivity index (χ0) is 18.1. The van der Waals surface area contributed by atoms with Gasteiger partial charge in [-0.2, -0.15) is 0 Å².